The second-order valence-corrected chi connectivity index (χ2v) is 3.37. The minimum absolute atomic E-state index is 0.222. The zero-order valence-electron chi connectivity index (χ0n) is 8.38. The second-order valence-electron chi connectivity index (χ2n) is 3.37. The van der Waals surface area contributed by atoms with E-state index in [1.807, 2.05) is 6.92 Å². The van der Waals surface area contributed by atoms with Crippen molar-refractivity contribution in [1.82, 2.24) is 9.55 Å². The standard InChI is InChI=1S/C10H12N2O3/c1-2-7(13)6-12-9-8(15-10(12)14)4-3-5-11-9/h3-5,7,13H,2,6H2,1H3. The summed E-state index contributed by atoms with van der Waals surface area (Å²) < 4.78 is 6.33. The SMILES string of the molecule is CCC(O)Cn1c(=O)oc2cccnc21. The van der Waals surface area contributed by atoms with E-state index in [4.69, 9.17) is 4.42 Å². The van der Waals surface area contributed by atoms with E-state index in [0.717, 1.165) is 0 Å². The Morgan fingerprint density at radius 1 is 1.67 bits per heavy atom. The maximum absolute atomic E-state index is 11.4. The van der Waals surface area contributed by atoms with Crippen LogP contribution in [0, 0.1) is 0 Å². The summed E-state index contributed by atoms with van der Waals surface area (Å²) >= 11 is 0. The zero-order valence-corrected chi connectivity index (χ0v) is 8.38. The van der Waals surface area contributed by atoms with Crippen molar-refractivity contribution in [2.45, 2.75) is 26.0 Å². The van der Waals surface area contributed by atoms with Crippen molar-refractivity contribution in [2.75, 3.05) is 0 Å². The lowest BCUT2D eigenvalue weighted by Gasteiger charge is -2.06. The van der Waals surface area contributed by atoms with Crippen molar-refractivity contribution < 1.29 is 9.52 Å². The lowest BCUT2D eigenvalue weighted by atomic mass is 10.3. The minimum Gasteiger partial charge on any atom is -0.406 e. The first-order valence-electron chi connectivity index (χ1n) is 4.84. The Balaban J connectivity index is 2.50. The van der Waals surface area contributed by atoms with Crippen LogP contribution in [0.4, 0.5) is 0 Å². The number of pyridine rings is 1. The lowest BCUT2D eigenvalue weighted by Crippen LogP contribution is -2.23. The number of nitrogens with zero attached hydrogens (tertiary/aromatic N) is 2. The Morgan fingerprint density at radius 2 is 2.47 bits per heavy atom. The number of oxazole rings is 1. The van der Waals surface area contributed by atoms with Crippen LogP contribution in [0.2, 0.25) is 0 Å². The van der Waals surface area contributed by atoms with E-state index in [1.54, 1.807) is 18.3 Å². The van der Waals surface area contributed by atoms with E-state index < -0.39 is 11.9 Å². The predicted octanol–water partition coefficient (Wildman–Crippen LogP) is 0.760. The number of rotatable bonds is 3. The highest BCUT2D eigenvalue weighted by Gasteiger charge is 2.12. The summed E-state index contributed by atoms with van der Waals surface area (Å²) in [6.07, 6.45) is 1.63. The molecule has 80 valence electrons. The van der Waals surface area contributed by atoms with Gasteiger partial charge in [0.15, 0.2) is 11.2 Å². The Bertz CT molecular complexity index is 515. The molecule has 0 saturated heterocycles. The average Bonchev–Trinajstić information content (AvgIpc) is 2.55. The van der Waals surface area contributed by atoms with Crippen LogP contribution in [0.1, 0.15) is 13.3 Å². The van der Waals surface area contributed by atoms with Crippen molar-refractivity contribution in [3.63, 3.8) is 0 Å². The van der Waals surface area contributed by atoms with Gasteiger partial charge < -0.3 is 9.52 Å². The first-order valence-corrected chi connectivity index (χ1v) is 4.84. The Hall–Kier alpha value is -1.62. The van der Waals surface area contributed by atoms with E-state index in [9.17, 15) is 9.90 Å². The Labute approximate surface area is 86.0 Å². The zero-order chi connectivity index (χ0) is 10.8. The third-order valence-electron chi connectivity index (χ3n) is 2.29. The summed E-state index contributed by atoms with van der Waals surface area (Å²) in [5.41, 5.74) is 0.931. The quantitative estimate of drug-likeness (QED) is 0.808. The van der Waals surface area contributed by atoms with Gasteiger partial charge in [-0.3, -0.25) is 4.57 Å². The largest absolute Gasteiger partial charge is 0.421 e. The molecule has 0 amide bonds. The topological polar surface area (TPSA) is 68.3 Å². The summed E-state index contributed by atoms with van der Waals surface area (Å²) in [4.78, 5) is 15.5. The molecule has 2 aromatic heterocycles. The Kier molecular flexibility index (Phi) is 2.55. The molecule has 2 aromatic rings. The van der Waals surface area contributed by atoms with Gasteiger partial charge in [0.05, 0.1) is 12.6 Å². The van der Waals surface area contributed by atoms with Crippen LogP contribution < -0.4 is 5.76 Å². The third kappa shape index (κ3) is 1.78. The molecule has 1 N–H and O–H groups in total. The highest BCUT2D eigenvalue weighted by atomic mass is 16.4. The molecule has 0 aliphatic rings. The molecular weight excluding hydrogens is 196 g/mol. The maximum atomic E-state index is 11.4. The monoisotopic (exact) mass is 208 g/mol. The lowest BCUT2D eigenvalue weighted by molar-refractivity contribution is 0.148. The van der Waals surface area contributed by atoms with Gasteiger partial charge in [-0.25, -0.2) is 9.78 Å². The molecule has 1 unspecified atom stereocenters. The molecule has 0 aliphatic heterocycles. The number of hydrogen-bond donors (Lipinski definition) is 1. The summed E-state index contributed by atoms with van der Waals surface area (Å²) in [6.45, 7) is 2.07. The fraction of sp³-hybridized carbons (Fsp3) is 0.400. The Morgan fingerprint density at radius 3 is 3.20 bits per heavy atom. The molecule has 15 heavy (non-hydrogen) atoms. The second kappa shape index (κ2) is 3.86. The minimum atomic E-state index is -0.550. The molecule has 0 fully saturated rings. The van der Waals surface area contributed by atoms with Gasteiger partial charge in [0.25, 0.3) is 0 Å². The predicted molar refractivity (Wildman–Crippen MR) is 54.6 cm³/mol. The molecule has 0 radical (unpaired) electrons. The fourth-order valence-corrected chi connectivity index (χ4v) is 1.40. The normalized spacial score (nSPS) is 13.2. The fourth-order valence-electron chi connectivity index (χ4n) is 1.40. The van der Waals surface area contributed by atoms with Crippen molar-refractivity contribution >= 4 is 11.2 Å². The van der Waals surface area contributed by atoms with Gasteiger partial charge in [-0.1, -0.05) is 6.92 Å². The molecule has 2 heterocycles. The summed E-state index contributed by atoms with van der Waals surface area (Å²) in [5, 5.41) is 9.48. The van der Waals surface area contributed by atoms with E-state index in [-0.39, 0.29) is 6.54 Å². The van der Waals surface area contributed by atoms with Crippen LogP contribution in [0.15, 0.2) is 27.5 Å². The molecule has 5 heteroatoms. The highest BCUT2D eigenvalue weighted by molar-refractivity contribution is 5.67. The number of aromatic nitrogens is 2. The van der Waals surface area contributed by atoms with Crippen LogP contribution in [0.5, 0.6) is 0 Å². The number of fused-ring (bicyclic) bond motifs is 1. The number of aliphatic hydroxyl groups excluding tert-OH is 1. The van der Waals surface area contributed by atoms with Gasteiger partial charge in [-0.2, -0.15) is 0 Å². The molecule has 0 spiro atoms. The van der Waals surface area contributed by atoms with Crippen LogP contribution in [-0.4, -0.2) is 20.8 Å². The van der Waals surface area contributed by atoms with E-state index in [2.05, 4.69) is 4.98 Å². The molecule has 0 aliphatic carbocycles. The smallest absolute Gasteiger partial charge is 0.406 e. The van der Waals surface area contributed by atoms with Gasteiger partial charge >= 0.3 is 5.76 Å². The average molecular weight is 208 g/mol. The molecule has 0 saturated carbocycles. The first-order chi connectivity index (χ1) is 7.22. The molecular formula is C10H12N2O3. The van der Waals surface area contributed by atoms with Crippen molar-refractivity contribution in [3.05, 3.63) is 28.9 Å². The van der Waals surface area contributed by atoms with Crippen LogP contribution in [-0.2, 0) is 6.54 Å². The van der Waals surface area contributed by atoms with Gasteiger partial charge in [0.2, 0.25) is 0 Å². The summed E-state index contributed by atoms with van der Waals surface area (Å²) in [7, 11) is 0. The number of hydrogen-bond acceptors (Lipinski definition) is 4. The molecule has 5 nitrogen and oxygen atoms in total. The van der Waals surface area contributed by atoms with E-state index in [1.165, 1.54) is 4.57 Å². The summed E-state index contributed by atoms with van der Waals surface area (Å²) in [5.74, 6) is -0.476. The van der Waals surface area contributed by atoms with Gasteiger partial charge in [-0.15, -0.1) is 0 Å². The molecule has 0 aromatic carbocycles. The van der Waals surface area contributed by atoms with Crippen molar-refractivity contribution in [1.29, 1.82) is 0 Å². The molecule has 0 bridgehead atoms. The van der Waals surface area contributed by atoms with Crippen LogP contribution in [0.25, 0.3) is 11.2 Å². The third-order valence-corrected chi connectivity index (χ3v) is 2.29. The van der Waals surface area contributed by atoms with Gasteiger partial charge in [0, 0.05) is 6.20 Å². The molecule has 1 atom stereocenters. The molecule has 2 rings (SSSR count). The summed E-state index contributed by atoms with van der Waals surface area (Å²) in [6, 6.07) is 3.38. The van der Waals surface area contributed by atoms with Crippen molar-refractivity contribution in [2.24, 2.45) is 0 Å². The van der Waals surface area contributed by atoms with Gasteiger partial charge in [0.1, 0.15) is 0 Å². The highest BCUT2D eigenvalue weighted by Crippen LogP contribution is 2.09. The first kappa shape index (κ1) is 9.92. The van der Waals surface area contributed by atoms with Crippen molar-refractivity contribution in [3.8, 4) is 0 Å². The van der Waals surface area contributed by atoms with E-state index in [0.29, 0.717) is 17.7 Å². The maximum Gasteiger partial charge on any atom is 0.421 e. The van der Waals surface area contributed by atoms with Crippen LogP contribution in [0.3, 0.4) is 0 Å². The van der Waals surface area contributed by atoms with Crippen LogP contribution >= 0.6 is 0 Å². The van der Waals surface area contributed by atoms with E-state index >= 15 is 0 Å². The van der Waals surface area contributed by atoms with Gasteiger partial charge in [-0.05, 0) is 18.6 Å². The number of aliphatic hydroxyl groups is 1.